The highest BCUT2D eigenvalue weighted by molar-refractivity contribution is 7.89. The molecule has 160 valence electrons. The van der Waals surface area contributed by atoms with Gasteiger partial charge in [0.2, 0.25) is 10.0 Å². The number of sulfonamides is 1. The molecule has 0 unspecified atom stereocenters. The molecule has 0 aliphatic carbocycles. The molecule has 1 aliphatic rings. The third-order valence-corrected chi connectivity index (χ3v) is 6.25. The van der Waals surface area contributed by atoms with Crippen molar-refractivity contribution in [1.29, 1.82) is 0 Å². The van der Waals surface area contributed by atoms with Crippen molar-refractivity contribution in [2.45, 2.75) is 17.5 Å². The van der Waals surface area contributed by atoms with Gasteiger partial charge in [-0.25, -0.2) is 13.1 Å². The highest BCUT2D eigenvalue weighted by Crippen LogP contribution is 2.12. The van der Waals surface area contributed by atoms with Crippen LogP contribution in [0.5, 0.6) is 0 Å². The Balaban J connectivity index is 1.50. The van der Waals surface area contributed by atoms with Crippen molar-refractivity contribution in [3.05, 3.63) is 78.4 Å². The van der Waals surface area contributed by atoms with E-state index in [-0.39, 0.29) is 23.5 Å². The Labute approximate surface area is 177 Å². The first-order chi connectivity index (χ1) is 14.5. The molecule has 2 N–H and O–H groups in total. The average Bonchev–Trinajstić information content (AvgIpc) is 2.77. The first kappa shape index (κ1) is 22.2. The van der Waals surface area contributed by atoms with E-state index in [9.17, 15) is 13.2 Å². The molecule has 1 heterocycles. The second kappa shape index (κ2) is 10.5. The summed E-state index contributed by atoms with van der Waals surface area (Å²) in [7, 11) is -3.60. The fraction of sp³-hybridized carbons (Fsp3) is 0.318. The highest BCUT2D eigenvalue weighted by atomic mass is 32.2. The van der Waals surface area contributed by atoms with Crippen LogP contribution in [0.1, 0.15) is 15.9 Å². The van der Waals surface area contributed by atoms with Crippen LogP contribution in [-0.2, 0) is 21.3 Å². The summed E-state index contributed by atoms with van der Waals surface area (Å²) >= 11 is 0. The molecule has 1 atom stereocenters. The Morgan fingerprint density at radius 1 is 1.17 bits per heavy atom. The van der Waals surface area contributed by atoms with Gasteiger partial charge < -0.3 is 10.1 Å². The molecule has 1 aliphatic heterocycles. The lowest BCUT2D eigenvalue weighted by atomic mass is 10.2. The van der Waals surface area contributed by atoms with E-state index < -0.39 is 10.0 Å². The minimum Gasteiger partial charge on any atom is -0.374 e. The van der Waals surface area contributed by atoms with Crippen molar-refractivity contribution in [3.63, 3.8) is 0 Å². The molecule has 0 aromatic heterocycles. The number of carbonyl (C=O) groups excluding carboxylic acids is 1. The number of hydrogen-bond donors (Lipinski definition) is 2. The van der Waals surface area contributed by atoms with Crippen LogP contribution in [0.2, 0.25) is 0 Å². The van der Waals surface area contributed by atoms with Crippen molar-refractivity contribution in [2.75, 3.05) is 32.8 Å². The first-order valence-corrected chi connectivity index (χ1v) is 11.3. The molecule has 8 heteroatoms. The molecule has 3 rings (SSSR count). The minimum atomic E-state index is -3.60. The average molecular weight is 430 g/mol. The summed E-state index contributed by atoms with van der Waals surface area (Å²) in [5, 5.41) is 2.88. The topological polar surface area (TPSA) is 87.7 Å². The van der Waals surface area contributed by atoms with Crippen molar-refractivity contribution >= 4 is 15.9 Å². The zero-order chi connectivity index (χ0) is 21.4. The molecule has 7 nitrogen and oxygen atoms in total. The Hall–Kier alpha value is -2.52. The lowest BCUT2D eigenvalue weighted by molar-refractivity contribution is -0.0292. The van der Waals surface area contributed by atoms with E-state index in [4.69, 9.17) is 4.74 Å². The lowest BCUT2D eigenvalue weighted by Crippen LogP contribution is -2.47. The maximum absolute atomic E-state index is 12.4. The first-order valence-electron chi connectivity index (χ1n) is 9.84. The number of rotatable bonds is 9. The number of ether oxygens (including phenoxy) is 1. The van der Waals surface area contributed by atoms with Crippen LogP contribution in [0.15, 0.2) is 72.1 Å². The van der Waals surface area contributed by atoms with Crippen molar-refractivity contribution < 1.29 is 17.9 Å². The Morgan fingerprint density at radius 3 is 2.60 bits per heavy atom. The van der Waals surface area contributed by atoms with Gasteiger partial charge in [0.15, 0.2) is 0 Å². The van der Waals surface area contributed by atoms with Crippen LogP contribution in [0.25, 0.3) is 0 Å². The van der Waals surface area contributed by atoms with Crippen LogP contribution >= 0.6 is 0 Å². The van der Waals surface area contributed by atoms with Crippen LogP contribution in [0.4, 0.5) is 0 Å². The smallest absolute Gasteiger partial charge is 0.251 e. The zero-order valence-corrected chi connectivity index (χ0v) is 17.6. The van der Waals surface area contributed by atoms with Gasteiger partial charge in [-0.15, -0.1) is 6.58 Å². The van der Waals surface area contributed by atoms with Gasteiger partial charge in [-0.3, -0.25) is 9.69 Å². The highest BCUT2D eigenvalue weighted by Gasteiger charge is 2.21. The summed E-state index contributed by atoms with van der Waals surface area (Å²) in [6, 6.07) is 16.1. The van der Waals surface area contributed by atoms with E-state index in [1.165, 1.54) is 35.9 Å². The summed E-state index contributed by atoms with van der Waals surface area (Å²) in [4.78, 5) is 14.9. The standard InChI is InChI=1S/C22H27N3O4S/c1-2-12-24-30(27,28)21-10-8-19(9-11-21)22(26)23-15-20-17-25(13-14-29-20)16-18-6-4-3-5-7-18/h2-11,20,24H,1,12-17H2,(H,23,26)/t20-/m1/s1. The van der Waals surface area contributed by atoms with E-state index >= 15 is 0 Å². The number of nitrogens with zero attached hydrogens (tertiary/aromatic N) is 1. The quantitative estimate of drug-likeness (QED) is 0.594. The van der Waals surface area contributed by atoms with Crippen molar-refractivity contribution in [3.8, 4) is 0 Å². The van der Waals surface area contributed by atoms with Gasteiger partial charge in [-0.05, 0) is 29.8 Å². The van der Waals surface area contributed by atoms with Gasteiger partial charge in [0.1, 0.15) is 0 Å². The van der Waals surface area contributed by atoms with Crippen LogP contribution < -0.4 is 10.0 Å². The molecule has 0 bridgehead atoms. The second-order valence-electron chi connectivity index (χ2n) is 7.09. The van der Waals surface area contributed by atoms with E-state index in [2.05, 4.69) is 33.7 Å². The Bertz CT molecular complexity index is 946. The largest absolute Gasteiger partial charge is 0.374 e. The molecule has 1 fully saturated rings. The third-order valence-electron chi connectivity index (χ3n) is 4.81. The SMILES string of the molecule is C=CCNS(=O)(=O)c1ccc(C(=O)NC[C@@H]2CN(Cc3ccccc3)CCO2)cc1. The van der Waals surface area contributed by atoms with Crippen LogP contribution in [0.3, 0.4) is 0 Å². The van der Waals surface area contributed by atoms with E-state index in [0.29, 0.717) is 18.7 Å². The minimum absolute atomic E-state index is 0.0887. The monoisotopic (exact) mass is 429 g/mol. The summed E-state index contributed by atoms with van der Waals surface area (Å²) in [6.07, 6.45) is 1.38. The third kappa shape index (κ3) is 6.24. The molecular formula is C22H27N3O4S. The molecule has 2 aromatic carbocycles. The maximum atomic E-state index is 12.4. The number of morpholine rings is 1. The molecule has 0 saturated carbocycles. The molecule has 1 amide bonds. The zero-order valence-electron chi connectivity index (χ0n) is 16.8. The van der Waals surface area contributed by atoms with Gasteiger partial charge in [0.05, 0.1) is 17.6 Å². The molecule has 2 aromatic rings. The molecule has 30 heavy (non-hydrogen) atoms. The van der Waals surface area contributed by atoms with Gasteiger partial charge in [-0.1, -0.05) is 36.4 Å². The molecular weight excluding hydrogens is 402 g/mol. The number of hydrogen-bond acceptors (Lipinski definition) is 5. The maximum Gasteiger partial charge on any atom is 0.251 e. The fourth-order valence-corrected chi connectivity index (χ4v) is 4.23. The summed E-state index contributed by atoms with van der Waals surface area (Å²) in [5.74, 6) is -0.262. The van der Waals surface area contributed by atoms with Crippen molar-refractivity contribution in [1.82, 2.24) is 14.9 Å². The fourth-order valence-electron chi connectivity index (χ4n) is 3.24. The van der Waals surface area contributed by atoms with Gasteiger partial charge in [0, 0.05) is 38.3 Å². The van der Waals surface area contributed by atoms with E-state index in [1.807, 2.05) is 18.2 Å². The Kier molecular flexibility index (Phi) is 7.75. The second-order valence-corrected chi connectivity index (χ2v) is 8.86. The number of benzene rings is 2. The van der Waals surface area contributed by atoms with E-state index in [0.717, 1.165) is 19.6 Å². The summed E-state index contributed by atoms with van der Waals surface area (Å²) in [6.45, 7) is 7.09. The normalized spacial score (nSPS) is 17.4. The summed E-state index contributed by atoms with van der Waals surface area (Å²) < 4.78 is 32.3. The van der Waals surface area contributed by atoms with Crippen LogP contribution in [-0.4, -0.2) is 58.1 Å². The number of nitrogens with one attached hydrogen (secondary N) is 2. The van der Waals surface area contributed by atoms with E-state index in [1.54, 1.807) is 0 Å². The molecule has 0 spiro atoms. The Morgan fingerprint density at radius 2 is 1.90 bits per heavy atom. The van der Waals surface area contributed by atoms with Gasteiger partial charge in [-0.2, -0.15) is 0 Å². The number of amides is 1. The van der Waals surface area contributed by atoms with Gasteiger partial charge in [0.25, 0.3) is 5.91 Å². The molecule has 0 radical (unpaired) electrons. The van der Waals surface area contributed by atoms with Crippen molar-refractivity contribution in [2.24, 2.45) is 0 Å². The predicted molar refractivity (Wildman–Crippen MR) is 116 cm³/mol. The van der Waals surface area contributed by atoms with Crippen LogP contribution in [0, 0.1) is 0 Å². The summed E-state index contributed by atoms with van der Waals surface area (Å²) in [5.41, 5.74) is 1.65. The predicted octanol–water partition coefficient (Wildman–Crippen LogP) is 1.78. The number of carbonyl (C=O) groups is 1. The van der Waals surface area contributed by atoms with Gasteiger partial charge >= 0.3 is 0 Å². The molecule has 1 saturated heterocycles. The lowest BCUT2D eigenvalue weighted by Gasteiger charge is -2.33.